The maximum Gasteiger partial charge on any atom is 0.254 e. The van der Waals surface area contributed by atoms with Crippen molar-refractivity contribution in [1.82, 2.24) is 24.7 Å². The summed E-state index contributed by atoms with van der Waals surface area (Å²) < 4.78 is 2.33. The van der Waals surface area contributed by atoms with Crippen molar-refractivity contribution >= 4 is 16.9 Å². The van der Waals surface area contributed by atoms with Gasteiger partial charge in [0.15, 0.2) is 0 Å². The first-order valence-corrected chi connectivity index (χ1v) is 14.9. The second-order valence-electron chi connectivity index (χ2n) is 11.0. The fraction of sp³-hybridized carbons (Fsp3) is 0.412. The number of likely N-dealkylation sites (tertiary alicyclic amines) is 1. The molecule has 0 unspecified atom stereocenters. The molecule has 1 fully saturated rings. The molecule has 0 atom stereocenters. The molecule has 1 N–H and O–H groups in total. The second kappa shape index (κ2) is 13.7. The van der Waals surface area contributed by atoms with E-state index in [-0.39, 0.29) is 5.91 Å². The van der Waals surface area contributed by atoms with E-state index in [0.29, 0.717) is 13.1 Å². The van der Waals surface area contributed by atoms with Gasteiger partial charge in [-0.1, -0.05) is 68.3 Å². The van der Waals surface area contributed by atoms with Crippen LogP contribution in [0.15, 0.2) is 72.8 Å². The number of benzene rings is 3. The van der Waals surface area contributed by atoms with Gasteiger partial charge in [0.05, 0.1) is 17.6 Å². The first kappa shape index (κ1) is 28.1. The van der Waals surface area contributed by atoms with E-state index in [4.69, 9.17) is 4.98 Å². The topological polar surface area (TPSA) is 53.4 Å². The van der Waals surface area contributed by atoms with E-state index < -0.39 is 0 Å². The number of fused-ring (bicyclic) bond motifs is 1. The molecule has 40 heavy (non-hydrogen) atoms. The summed E-state index contributed by atoms with van der Waals surface area (Å²) in [4.78, 5) is 23.4. The molecule has 1 aromatic heterocycles. The van der Waals surface area contributed by atoms with Gasteiger partial charge in [-0.3, -0.25) is 9.69 Å². The predicted molar refractivity (Wildman–Crippen MR) is 163 cm³/mol. The summed E-state index contributed by atoms with van der Waals surface area (Å²) in [5, 5.41) is 3.17. The van der Waals surface area contributed by atoms with E-state index in [1.807, 2.05) is 42.3 Å². The Kier molecular flexibility index (Phi) is 9.63. The molecule has 0 saturated carbocycles. The van der Waals surface area contributed by atoms with Crippen molar-refractivity contribution in [2.75, 3.05) is 26.7 Å². The highest BCUT2D eigenvalue weighted by molar-refractivity contribution is 5.94. The average Bonchev–Trinajstić information content (AvgIpc) is 3.33. The maximum absolute atomic E-state index is 13.8. The van der Waals surface area contributed by atoms with E-state index in [2.05, 4.69) is 64.2 Å². The summed E-state index contributed by atoms with van der Waals surface area (Å²) in [5.41, 5.74) is 6.70. The van der Waals surface area contributed by atoms with Crippen LogP contribution in [-0.2, 0) is 26.2 Å². The van der Waals surface area contributed by atoms with Crippen LogP contribution >= 0.6 is 0 Å². The van der Waals surface area contributed by atoms with Gasteiger partial charge in [0.1, 0.15) is 5.82 Å². The highest BCUT2D eigenvalue weighted by Crippen LogP contribution is 2.23. The lowest BCUT2D eigenvalue weighted by Crippen LogP contribution is -2.33. The number of hydrogen-bond acceptors (Lipinski definition) is 4. The molecular weight excluding hydrogens is 494 g/mol. The minimum Gasteiger partial charge on any atom is -0.331 e. The van der Waals surface area contributed by atoms with Crippen LogP contribution in [0.4, 0.5) is 0 Å². The molecule has 0 radical (unpaired) electrons. The summed E-state index contributed by atoms with van der Waals surface area (Å²) in [6, 6.07) is 25.2. The van der Waals surface area contributed by atoms with E-state index >= 15 is 0 Å². The molecule has 0 spiro atoms. The maximum atomic E-state index is 13.8. The molecule has 0 bridgehead atoms. The highest BCUT2D eigenvalue weighted by atomic mass is 16.2. The van der Waals surface area contributed by atoms with Crippen LogP contribution < -0.4 is 5.32 Å². The molecule has 5 rings (SSSR count). The molecular formula is C34H43N5O. The van der Waals surface area contributed by atoms with E-state index in [1.54, 1.807) is 0 Å². The van der Waals surface area contributed by atoms with Crippen LogP contribution in [0.3, 0.4) is 0 Å². The van der Waals surface area contributed by atoms with Crippen LogP contribution in [0.25, 0.3) is 11.0 Å². The summed E-state index contributed by atoms with van der Waals surface area (Å²) in [7, 11) is 1.93. The van der Waals surface area contributed by atoms with Crippen molar-refractivity contribution in [3.63, 3.8) is 0 Å². The molecule has 1 aliphatic heterocycles. The minimum absolute atomic E-state index is 0.0635. The monoisotopic (exact) mass is 537 g/mol. The van der Waals surface area contributed by atoms with E-state index in [9.17, 15) is 4.79 Å². The molecule has 0 aliphatic carbocycles. The summed E-state index contributed by atoms with van der Waals surface area (Å²) in [6.07, 6.45) is 5.92. The molecule has 1 aliphatic rings. The smallest absolute Gasteiger partial charge is 0.254 e. The number of nitrogens with one attached hydrogen (secondary N) is 1. The zero-order valence-corrected chi connectivity index (χ0v) is 24.1. The van der Waals surface area contributed by atoms with E-state index in [1.165, 1.54) is 49.0 Å². The molecule has 3 aromatic carbocycles. The third-order valence-electron chi connectivity index (χ3n) is 8.01. The van der Waals surface area contributed by atoms with Crippen molar-refractivity contribution in [2.45, 2.75) is 65.2 Å². The number of carbonyl (C=O) groups excluding carboxylic acids is 1. The third-order valence-corrected chi connectivity index (χ3v) is 8.01. The molecule has 4 aromatic rings. The Morgan fingerprint density at radius 3 is 2.33 bits per heavy atom. The lowest BCUT2D eigenvalue weighted by molar-refractivity contribution is 0.0735. The lowest BCUT2D eigenvalue weighted by Gasteiger charge is -2.27. The Balaban J connectivity index is 1.44. The van der Waals surface area contributed by atoms with Gasteiger partial charge in [-0.05, 0) is 80.4 Å². The normalized spacial score (nSPS) is 14.1. The Morgan fingerprint density at radius 1 is 0.900 bits per heavy atom. The van der Waals surface area contributed by atoms with Gasteiger partial charge in [-0.15, -0.1) is 0 Å². The largest absolute Gasteiger partial charge is 0.331 e. The quantitative estimate of drug-likeness (QED) is 0.233. The lowest BCUT2D eigenvalue weighted by atomic mass is 10.0. The van der Waals surface area contributed by atoms with Gasteiger partial charge < -0.3 is 14.8 Å². The Hall–Kier alpha value is -3.48. The number of para-hydroxylation sites is 2. The summed E-state index contributed by atoms with van der Waals surface area (Å²) >= 11 is 0. The standard InChI is InChI=1S/C34H43N5O/c1-3-4-22-38(34(40)28-18-16-27(17-19-28)23-35-2)26-33-36-31-14-8-9-15-32(31)39(33)25-30-13-7-6-12-29(30)24-37-20-10-5-11-21-37/h6-9,12-19,35H,3-5,10-11,20-26H2,1-2H3. The fourth-order valence-electron chi connectivity index (χ4n) is 5.74. The Morgan fingerprint density at radius 2 is 1.60 bits per heavy atom. The molecule has 6 heteroatoms. The van der Waals surface area contributed by atoms with Gasteiger partial charge in [0, 0.05) is 31.7 Å². The van der Waals surface area contributed by atoms with Crippen molar-refractivity contribution in [2.24, 2.45) is 0 Å². The third kappa shape index (κ3) is 6.80. The van der Waals surface area contributed by atoms with Crippen molar-refractivity contribution < 1.29 is 4.79 Å². The fourth-order valence-corrected chi connectivity index (χ4v) is 5.74. The molecule has 1 amide bonds. The molecule has 2 heterocycles. The van der Waals surface area contributed by atoms with Gasteiger partial charge in [0.2, 0.25) is 0 Å². The second-order valence-corrected chi connectivity index (χ2v) is 11.0. The molecule has 210 valence electrons. The van der Waals surface area contributed by atoms with Gasteiger partial charge >= 0.3 is 0 Å². The summed E-state index contributed by atoms with van der Waals surface area (Å²) in [5.74, 6) is 0.999. The SMILES string of the molecule is CCCCN(Cc1nc2ccccc2n1Cc1ccccc1CN1CCCCC1)C(=O)c1ccc(CNC)cc1. The number of imidazole rings is 1. The van der Waals surface area contributed by atoms with Crippen LogP contribution in [0, 0.1) is 0 Å². The van der Waals surface area contributed by atoms with Crippen molar-refractivity contribution in [1.29, 1.82) is 0 Å². The van der Waals surface area contributed by atoms with Crippen LogP contribution in [0.5, 0.6) is 0 Å². The predicted octanol–water partition coefficient (Wildman–Crippen LogP) is 6.23. The van der Waals surface area contributed by atoms with E-state index in [0.717, 1.165) is 54.9 Å². The number of piperidine rings is 1. The number of aromatic nitrogens is 2. The number of carbonyl (C=O) groups is 1. The Bertz CT molecular complexity index is 1390. The summed E-state index contributed by atoms with van der Waals surface area (Å²) in [6.45, 7) is 8.25. The van der Waals surface area contributed by atoms with Gasteiger partial charge in [0.25, 0.3) is 5.91 Å². The van der Waals surface area contributed by atoms with Gasteiger partial charge in [-0.2, -0.15) is 0 Å². The first-order chi connectivity index (χ1) is 19.7. The minimum atomic E-state index is 0.0635. The molecule has 1 saturated heterocycles. The zero-order valence-electron chi connectivity index (χ0n) is 24.1. The van der Waals surface area contributed by atoms with Crippen LogP contribution in [-0.4, -0.2) is 51.9 Å². The van der Waals surface area contributed by atoms with Crippen molar-refractivity contribution in [3.05, 3.63) is 101 Å². The Labute approximate surface area is 239 Å². The zero-order chi connectivity index (χ0) is 27.7. The number of hydrogen-bond donors (Lipinski definition) is 1. The molecule has 6 nitrogen and oxygen atoms in total. The average molecular weight is 538 g/mol. The number of rotatable bonds is 12. The number of amides is 1. The van der Waals surface area contributed by atoms with Gasteiger partial charge in [-0.25, -0.2) is 4.98 Å². The first-order valence-electron chi connectivity index (χ1n) is 14.9. The van der Waals surface area contributed by atoms with Crippen molar-refractivity contribution in [3.8, 4) is 0 Å². The number of unbranched alkanes of at least 4 members (excludes halogenated alkanes) is 1. The van der Waals surface area contributed by atoms with Crippen LogP contribution in [0.2, 0.25) is 0 Å². The highest BCUT2D eigenvalue weighted by Gasteiger charge is 2.21. The van der Waals surface area contributed by atoms with Crippen LogP contribution in [0.1, 0.15) is 71.9 Å². The number of nitrogens with zero attached hydrogens (tertiary/aromatic N) is 4.